The zero-order valence-corrected chi connectivity index (χ0v) is 10.2. The monoisotopic (exact) mass is 252 g/mol. The van der Waals surface area contributed by atoms with Crippen LogP contribution in [0.15, 0.2) is 41.4 Å². The van der Waals surface area contributed by atoms with Crippen LogP contribution in [-0.4, -0.2) is 20.6 Å². The summed E-state index contributed by atoms with van der Waals surface area (Å²) in [6, 6.07) is 8.29. The number of aromatic nitrogens is 2. The molecule has 0 saturated heterocycles. The number of aliphatic hydroxyl groups is 1. The lowest BCUT2D eigenvalue weighted by molar-refractivity contribution is 0.198. The molecule has 1 unspecified atom stereocenters. The molecule has 0 aliphatic heterocycles. The number of hydrogen-bond acceptors (Lipinski definition) is 3. The van der Waals surface area contributed by atoms with Gasteiger partial charge < -0.3 is 5.11 Å². The van der Waals surface area contributed by atoms with Gasteiger partial charge in [0.2, 0.25) is 0 Å². The van der Waals surface area contributed by atoms with Crippen LogP contribution in [0, 0.1) is 5.82 Å². The smallest absolute Gasteiger partial charge is 0.136 e. The topological polar surface area (TPSA) is 38.0 Å². The van der Waals surface area contributed by atoms with Gasteiger partial charge >= 0.3 is 0 Å². The van der Waals surface area contributed by atoms with Crippen molar-refractivity contribution in [2.75, 3.05) is 5.75 Å². The minimum absolute atomic E-state index is 0.259. The Hall–Kier alpha value is -1.33. The number of rotatable bonds is 4. The second-order valence-electron chi connectivity index (χ2n) is 3.67. The number of aliphatic hydroxyl groups excluding tert-OH is 1. The minimum atomic E-state index is -0.680. The Kier molecular flexibility index (Phi) is 3.81. The van der Waals surface area contributed by atoms with Crippen molar-refractivity contribution in [2.24, 2.45) is 7.05 Å². The van der Waals surface area contributed by atoms with Gasteiger partial charge in [0.25, 0.3) is 0 Å². The summed E-state index contributed by atoms with van der Waals surface area (Å²) in [5, 5.41) is 14.0. The summed E-state index contributed by atoms with van der Waals surface area (Å²) < 4.78 is 15.0. The van der Waals surface area contributed by atoms with Crippen LogP contribution < -0.4 is 0 Å². The highest BCUT2D eigenvalue weighted by Gasteiger charge is 2.12. The summed E-state index contributed by atoms with van der Waals surface area (Å²) in [5.41, 5.74) is 0.608. The van der Waals surface area contributed by atoms with Gasteiger partial charge in [0.15, 0.2) is 0 Å². The third-order valence-corrected chi connectivity index (χ3v) is 3.43. The van der Waals surface area contributed by atoms with Crippen LogP contribution >= 0.6 is 11.8 Å². The maximum atomic E-state index is 13.3. The summed E-state index contributed by atoms with van der Waals surface area (Å²) in [5.74, 6) is 0.128. The molecule has 0 aliphatic carbocycles. The van der Waals surface area contributed by atoms with Crippen LogP contribution in [0.25, 0.3) is 0 Å². The average molecular weight is 252 g/mol. The van der Waals surface area contributed by atoms with Crippen molar-refractivity contribution in [1.29, 1.82) is 0 Å². The molecule has 90 valence electrons. The van der Waals surface area contributed by atoms with Crippen LogP contribution in [0.4, 0.5) is 4.39 Å². The van der Waals surface area contributed by atoms with Crippen LogP contribution in [0.5, 0.6) is 0 Å². The SMILES string of the molecule is Cn1ccc(C(O)CSc2ccccc2F)n1. The van der Waals surface area contributed by atoms with E-state index in [1.807, 2.05) is 0 Å². The quantitative estimate of drug-likeness (QED) is 0.849. The molecule has 0 saturated carbocycles. The predicted octanol–water partition coefficient (Wildman–Crippen LogP) is 2.38. The van der Waals surface area contributed by atoms with Gasteiger partial charge in [-0.15, -0.1) is 11.8 Å². The van der Waals surface area contributed by atoms with E-state index in [1.165, 1.54) is 17.8 Å². The third-order valence-electron chi connectivity index (χ3n) is 2.31. The zero-order chi connectivity index (χ0) is 12.3. The van der Waals surface area contributed by atoms with E-state index in [9.17, 15) is 9.50 Å². The lowest BCUT2D eigenvalue weighted by Crippen LogP contribution is -2.02. The van der Waals surface area contributed by atoms with Gasteiger partial charge in [-0.3, -0.25) is 4.68 Å². The largest absolute Gasteiger partial charge is 0.386 e. The summed E-state index contributed by atoms with van der Waals surface area (Å²) in [6.45, 7) is 0. The second-order valence-corrected chi connectivity index (χ2v) is 4.73. The van der Waals surface area contributed by atoms with E-state index in [1.54, 1.807) is 42.2 Å². The van der Waals surface area contributed by atoms with Crippen molar-refractivity contribution < 1.29 is 9.50 Å². The molecule has 0 aliphatic rings. The molecule has 1 atom stereocenters. The third kappa shape index (κ3) is 3.08. The normalized spacial score (nSPS) is 12.6. The molecule has 2 aromatic rings. The Labute approximate surface area is 103 Å². The number of nitrogens with zero attached hydrogens (tertiary/aromatic N) is 2. The second kappa shape index (κ2) is 5.33. The van der Waals surface area contributed by atoms with Crippen molar-refractivity contribution in [3.05, 3.63) is 48.0 Å². The first-order chi connectivity index (χ1) is 8.16. The van der Waals surface area contributed by atoms with E-state index < -0.39 is 6.10 Å². The van der Waals surface area contributed by atoms with Gasteiger partial charge in [-0.1, -0.05) is 12.1 Å². The standard InChI is InChI=1S/C12H13FN2OS/c1-15-7-6-10(14-15)11(16)8-17-12-5-3-2-4-9(12)13/h2-7,11,16H,8H2,1H3. The Morgan fingerprint density at radius 3 is 2.82 bits per heavy atom. The fourth-order valence-electron chi connectivity index (χ4n) is 1.43. The molecule has 0 amide bonds. The van der Waals surface area contributed by atoms with Crippen molar-refractivity contribution in [1.82, 2.24) is 9.78 Å². The molecule has 5 heteroatoms. The molecule has 1 N–H and O–H groups in total. The van der Waals surface area contributed by atoms with Gasteiger partial charge in [0.1, 0.15) is 11.9 Å². The number of benzene rings is 1. The number of hydrogen-bond donors (Lipinski definition) is 1. The number of aryl methyl sites for hydroxylation is 1. The Bertz CT molecular complexity index is 501. The van der Waals surface area contributed by atoms with Crippen LogP contribution in [0.3, 0.4) is 0 Å². The molecular weight excluding hydrogens is 239 g/mol. The minimum Gasteiger partial charge on any atom is -0.386 e. The van der Waals surface area contributed by atoms with Crippen LogP contribution in [-0.2, 0) is 7.05 Å². The van der Waals surface area contributed by atoms with E-state index >= 15 is 0 Å². The first kappa shape index (κ1) is 12.1. The van der Waals surface area contributed by atoms with Crippen molar-refractivity contribution in [3.63, 3.8) is 0 Å². The fourth-order valence-corrected chi connectivity index (χ4v) is 2.32. The van der Waals surface area contributed by atoms with Crippen LogP contribution in [0.2, 0.25) is 0 Å². The molecule has 1 aromatic heterocycles. The Morgan fingerprint density at radius 2 is 2.18 bits per heavy atom. The molecule has 17 heavy (non-hydrogen) atoms. The Balaban J connectivity index is 1.97. The molecule has 0 bridgehead atoms. The number of thioether (sulfide) groups is 1. The number of halogens is 1. The highest BCUT2D eigenvalue weighted by molar-refractivity contribution is 7.99. The van der Waals surface area contributed by atoms with Crippen molar-refractivity contribution in [2.45, 2.75) is 11.0 Å². The zero-order valence-electron chi connectivity index (χ0n) is 9.38. The maximum Gasteiger partial charge on any atom is 0.136 e. The van der Waals surface area contributed by atoms with Gasteiger partial charge in [0.05, 0.1) is 5.69 Å². The predicted molar refractivity (Wildman–Crippen MR) is 65.3 cm³/mol. The first-order valence-corrected chi connectivity index (χ1v) is 6.20. The highest BCUT2D eigenvalue weighted by atomic mass is 32.2. The summed E-state index contributed by atoms with van der Waals surface area (Å²) >= 11 is 1.28. The lowest BCUT2D eigenvalue weighted by atomic mass is 10.3. The van der Waals surface area contributed by atoms with E-state index in [4.69, 9.17) is 0 Å². The summed E-state index contributed by atoms with van der Waals surface area (Å²) in [7, 11) is 1.79. The fraction of sp³-hybridized carbons (Fsp3) is 0.250. The molecule has 2 rings (SSSR count). The first-order valence-electron chi connectivity index (χ1n) is 5.22. The van der Waals surface area contributed by atoms with E-state index in [-0.39, 0.29) is 5.82 Å². The molecular formula is C12H13FN2OS. The molecule has 0 radical (unpaired) electrons. The molecule has 3 nitrogen and oxygen atoms in total. The summed E-state index contributed by atoms with van der Waals surface area (Å²) in [4.78, 5) is 0.544. The summed E-state index contributed by atoms with van der Waals surface area (Å²) in [6.07, 6.45) is 1.09. The van der Waals surface area contributed by atoms with Crippen LogP contribution in [0.1, 0.15) is 11.8 Å². The molecule has 1 aromatic carbocycles. The van der Waals surface area contributed by atoms with E-state index in [0.717, 1.165) is 0 Å². The molecule has 1 heterocycles. The Morgan fingerprint density at radius 1 is 1.41 bits per heavy atom. The van der Waals surface area contributed by atoms with Gasteiger partial charge in [0, 0.05) is 23.9 Å². The van der Waals surface area contributed by atoms with Gasteiger partial charge in [-0.05, 0) is 18.2 Å². The highest BCUT2D eigenvalue weighted by Crippen LogP contribution is 2.25. The van der Waals surface area contributed by atoms with Gasteiger partial charge in [-0.25, -0.2) is 4.39 Å². The van der Waals surface area contributed by atoms with Gasteiger partial charge in [-0.2, -0.15) is 5.10 Å². The molecule has 0 spiro atoms. The van der Waals surface area contributed by atoms with Crippen molar-refractivity contribution >= 4 is 11.8 Å². The lowest BCUT2D eigenvalue weighted by Gasteiger charge is -2.07. The average Bonchev–Trinajstić information content (AvgIpc) is 2.74. The van der Waals surface area contributed by atoms with E-state index in [2.05, 4.69) is 5.10 Å². The van der Waals surface area contributed by atoms with Crippen molar-refractivity contribution in [3.8, 4) is 0 Å². The molecule has 0 fully saturated rings. The maximum absolute atomic E-state index is 13.3. The van der Waals surface area contributed by atoms with E-state index in [0.29, 0.717) is 16.3 Å².